The third-order valence-electron chi connectivity index (χ3n) is 8.82. The van der Waals surface area contributed by atoms with E-state index in [4.69, 9.17) is 10.5 Å². The summed E-state index contributed by atoms with van der Waals surface area (Å²) in [6, 6.07) is 11.3. The lowest BCUT2D eigenvalue weighted by Gasteiger charge is -2.39. The first-order valence-electron chi connectivity index (χ1n) is 14.8. The van der Waals surface area contributed by atoms with Gasteiger partial charge in [0.1, 0.15) is 17.7 Å². The number of nitrogen functional groups attached to an aromatic ring is 1. The van der Waals surface area contributed by atoms with Gasteiger partial charge in [0.15, 0.2) is 0 Å². The van der Waals surface area contributed by atoms with Gasteiger partial charge in [0.25, 0.3) is 0 Å². The average molecular weight is 640 g/mol. The molecule has 10 nitrogen and oxygen atoms in total. The fraction of sp³-hybridized carbons (Fsp3) is 0.375. The maximum atomic E-state index is 14.8. The van der Waals surface area contributed by atoms with Crippen molar-refractivity contribution in [2.75, 3.05) is 30.3 Å². The van der Waals surface area contributed by atoms with Gasteiger partial charge in [-0.2, -0.15) is 28.2 Å². The van der Waals surface area contributed by atoms with E-state index in [0.29, 0.717) is 67.1 Å². The Labute approximate surface area is 262 Å². The topological polar surface area (TPSA) is 131 Å². The lowest BCUT2D eigenvalue weighted by Crippen LogP contribution is -2.41. The molecule has 0 saturated carbocycles. The minimum atomic E-state index is -4.86. The van der Waals surface area contributed by atoms with Crippen LogP contribution in [0.15, 0.2) is 54.7 Å². The number of nitrogens with zero attached hydrogens (tertiary/aromatic N) is 5. The zero-order chi connectivity index (χ0) is 32.8. The molecule has 6 rings (SSSR count). The molecule has 4 aromatic rings. The number of carboxylic acids is 1. The van der Waals surface area contributed by atoms with Crippen LogP contribution in [0, 0.1) is 25.1 Å². The van der Waals surface area contributed by atoms with E-state index in [9.17, 15) is 27.5 Å². The maximum absolute atomic E-state index is 14.8. The molecule has 242 valence electrons. The predicted molar refractivity (Wildman–Crippen MR) is 162 cm³/mol. The highest BCUT2D eigenvalue weighted by Gasteiger charge is 2.46. The van der Waals surface area contributed by atoms with Gasteiger partial charge >= 0.3 is 12.1 Å². The minimum absolute atomic E-state index is 0.128. The van der Waals surface area contributed by atoms with Crippen molar-refractivity contribution in [3.8, 4) is 22.7 Å². The van der Waals surface area contributed by atoms with Gasteiger partial charge in [-0.3, -0.25) is 4.79 Å². The quantitative estimate of drug-likeness (QED) is 0.228. The van der Waals surface area contributed by atoms with E-state index in [2.05, 4.69) is 20.4 Å². The van der Waals surface area contributed by atoms with E-state index in [-0.39, 0.29) is 34.3 Å². The highest BCUT2D eigenvalue weighted by atomic mass is 19.4. The molecule has 2 saturated heterocycles. The van der Waals surface area contributed by atoms with Crippen LogP contribution in [0.2, 0.25) is 0 Å². The summed E-state index contributed by atoms with van der Waals surface area (Å²) in [5.74, 6) is -1.53. The highest BCUT2D eigenvalue weighted by molar-refractivity contribution is 5.74. The Bertz CT molecular complexity index is 1770. The molecule has 2 aromatic carbocycles. The monoisotopic (exact) mass is 639 g/mol. The number of alkyl halides is 3. The van der Waals surface area contributed by atoms with Crippen molar-refractivity contribution >= 4 is 17.7 Å². The van der Waals surface area contributed by atoms with E-state index >= 15 is 0 Å². The van der Waals surface area contributed by atoms with Crippen LogP contribution in [0.4, 0.5) is 29.3 Å². The summed E-state index contributed by atoms with van der Waals surface area (Å²) in [5, 5.41) is 16.8. The van der Waals surface area contributed by atoms with Crippen molar-refractivity contribution in [3.05, 3.63) is 77.4 Å². The Morgan fingerprint density at radius 3 is 2.43 bits per heavy atom. The summed E-state index contributed by atoms with van der Waals surface area (Å²) in [6.45, 7) is 4.95. The first-order valence-corrected chi connectivity index (χ1v) is 14.8. The maximum Gasteiger partial charge on any atom is 0.429 e. The van der Waals surface area contributed by atoms with Gasteiger partial charge < -0.3 is 25.8 Å². The van der Waals surface area contributed by atoms with Crippen LogP contribution in [0.25, 0.3) is 16.8 Å². The van der Waals surface area contributed by atoms with Crippen molar-refractivity contribution in [2.45, 2.75) is 51.4 Å². The number of nitrogens with two attached hydrogens (primary N) is 1. The standard InChI is InChI=1S/C32H33F4N7O3/c1-18-13-20(4-6-23(18)33)21-3-5-22(25(14-21)43-10-7-19(2)41-43)28(32(34,35)36)46-27-15-26(39-30(37)40-27)42-11-8-31(9-12-42)16-24(29(44)45)38-17-31/h3-7,10,13-15,24,28,38H,8-9,11-12,16-17H2,1-2H3,(H,44,45)(H2,37,39,40). The second-order valence-electron chi connectivity index (χ2n) is 12.1. The molecule has 46 heavy (non-hydrogen) atoms. The molecule has 0 radical (unpaired) electrons. The lowest BCUT2D eigenvalue weighted by molar-refractivity contribution is -0.198. The molecule has 2 aliphatic heterocycles. The second-order valence-corrected chi connectivity index (χ2v) is 12.1. The Balaban J connectivity index is 1.31. The van der Waals surface area contributed by atoms with Crippen LogP contribution < -0.4 is 20.7 Å². The number of halogens is 4. The van der Waals surface area contributed by atoms with Crippen LogP contribution in [0.1, 0.15) is 42.2 Å². The molecule has 2 atom stereocenters. The molecule has 0 amide bonds. The normalized spacial score (nSPS) is 18.6. The lowest BCUT2D eigenvalue weighted by atomic mass is 9.76. The van der Waals surface area contributed by atoms with Crippen molar-refractivity contribution in [1.29, 1.82) is 0 Å². The van der Waals surface area contributed by atoms with Crippen molar-refractivity contribution < 1.29 is 32.2 Å². The third kappa shape index (κ3) is 6.34. The Kier molecular flexibility index (Phi) is 8.09. The molecule has 2 aliphatic rings. The number of aliphatic carboxylic acids is 1. The van der Waals surface area contributed by atoms with E-state index in [1.165, 1.54) is 28.9 Å². The zero-order valence-corrected chi connectivity index (χ0v) is 25.2. The Hall–Kier alpha value is -4.72. The van der Waals surface area contributed by atoms with Crippen molar-refractivity contribution in [2.24, 2.45) is 5.41 Å². The SMILES string of the molecule is Cc1ccn(-c2cc(-c3ccc(F)c(C)c3)ccc2C(Oc2cc(N3CCC4(CC3)CNC(C(=O)O)C4)nc(N)n2)C(F)(F)F)n1. The van der Waals surface area contributed by atoms with Crippen LogP contribution in [-0.4, -0.2) is 62.7 Å². The van der Waals surface area contributed by atoms with Crippen LogP contribution in [-0.2, 0) is 4.79 Å². The van der Waals surface area contributed by atoms with Gasteiger partial charge in [-0.25, -0.2) is 9.07 Å². The molecule has 4 N–H and O–H groups in total. The number of aromatic nitrogens is 4. The molecule has 4 heterocycles. The number of aryl methyl sites for hydroxylation is 2. The van der Waals surface area contributed by atoms with E-state index < -0.39 is 24.3 Å². The summed E-state index contributed by atoms with van der Waals surface area (Å²) >= 11 is 0. The summed E-state index contributed by atoms with van der Waals surface area (Å²) in [5.41, 5.74) is 7.91. The Morgan fingerprint density at radius 1 is 1.09 bits per heavy atom. The summed E-state index contributed by atoms with van der Waals surface area (Å²) in [7, 11) is 0. The smallest absolute Gasteiger partial charge is 0.429 e. The fourth-order valence-corrected chi connectivity index (χ4v) is 6.28. The predicted octanol–water partition coefficient (Wildman–Crippen LogP) is 5.38. The number of hydrogen-bond acceptors (Lipinski definition) is 8. The number of hydrogen-bond donors (Lipinski definition) is 3. The second kappa shape index (κ2) is 11.9. The van der Waals surface area contributed by atoms with Gasteiger partial charge in [-0.05, 0) is 79.5 Å². The summed E-state index contributed by atoms with van der Waals surface area (Å²) in [4.78, 5) is 21.6. The minimum Gasteiger partial charge on any atom is -0.480 e. The average Bonchev–Trinajstić information content (AvgIpc) is 3.63. The number of ether oxygens (including phenoxy) is 1. The third-order valence-corrected chi connectivity index (χ3v) is 8.82. The van der Waals surface area contributed by atoms with Gasteiger partial charge in [-0.1, -0.05) is 18.2 Å². The molecule has 0 bridgehead atoms. The first kappa shape index (κ1) is 31.3. The first-order chi connectivity index (χ1) is 21.8. The molecular weight excluding hydrogens is 606 g/mol. The van der Waals surface area contributed by atoms with E-state index in [1.54, 1.807) is 44.3 Å². The molecular formula is C32H33F4N7O3. The highest BCUT2D eigenvalue weighted by Crippen LogP contribution is 2.43. The number of benzene rings is 2. The summed E-state index contributed by atoms with van der Waals surface area (Å²) < 4.78 is 65.3. The van der Waals surface area contributed by atoms with Crippen molar-refractivity contribution in [3.63, 3.8) is 0 Å². The molecule has 2 aromatic heterocycles. The summed E-state index contributed by atoms with van der Waals surface area (Å²) in [6.07, 6.45) is -3.87. The number of nitrogens with one attached hydrogen (secondary N) is 1. The van der Waals surface area contributed by atoms with Gasteiger partial charge in [0, 0.05) is 37.5 Å². The van der Waals surface area contributed by atoms with Crippen LogP contribution in [0.5, 0.6) is 5.88 Å². The van der Waals surface area contributed by atoms with E-state index in [1.807, 2.05) is 4.90 Å². The molecule has 14 heteroatoms. The molecule has 1 spiro atoms. The molecule has 2 fully saturated rings. The number of rotatable bonds is 7. The van der Waals surface area contributed by atoms with Crippen molar-refractivity contribution in [1.82, 2.24) is 25.1 Å². The Morgan fingerprint density at radius 2 is 1.80 bits per heavy atom. The number of anilines is 2. The number of carboxylic acid groups (broad SMARTS) is 1. The van der Waals surface area contributed by atoms with Crippen LogP contribution >= 0.6 is 0 Å². The molecule has 2 unspecified atom stereocenters. The number of carbonyl (C=O) groups is 1. The zero-order valence-electron chi connectivity index (χ0n) is 25.2. The largest absolute Gasteiger partial charge is 0.480 e. The van der Waals surface area contributed by atoms with Crippen LogP contribution in [0.3, 0.4) is 0 Å². The van der Waals surface area contributed by atoms with Gasteiger partial charge in [-0.15, -0.1) is 0 Å². The fourth-order valence-electron chi connectivity index (χ4n) is 6.28. The number of piperidine rings is 1. The van der Waals surface area contributed by atoms with E-state index in [0.717, 1.165) is 0 Å². The van der Waals surface area contributed by atoms with Gasteiger partial charge in [0.2, 0.25) is 17.9 Å². The van der Waals surface area contributed by atoms with Gasteiger partial charge in [0.05, 0.1) is 11.4 Å². The molecule has 0 aliphatic carbocycles.